The minimum absolute atomic E-state index is 0.0704. The van der Waals surface area contributed by atoms with Gasteiger partial charge >= 0.3 is 0 Å². The summed E-state index contributed by atoms with van der Waals surface area (Å²) in [5.74, 6) is -0.317. The van der Waals surface area contributed by atoms with Crippen LogP contribution >= 0.6 is 11.8 Å². The molecule has 0 aliphatic carbocycles. The van der Waals surface area contributed by atoms with Crippen LogP contribution < -0.4 is 16.2 Å². The Kier molecular flexibility index (Phi) is 6.97. The molecule has 0 atom stereocenters. The number of para-hydroxylation sites is 1. The predicted octanol–water partition coefficient (Wildman–Crippen LogP) is 3.22. The molecule has 0 aliphatic rings. The summed E-state index contributed by atoms with van der Waals surface area (Å²) >= 11 is 1.08. The minimum atomic E-state index is -0.454. The van der Waals surface area contributed by atoms with Crippen molar-refractivity contribution < 1.29 is 9.59 Å². The van der Waals surface area contributed by atoms with E-state index in [1.807, 2.05) is 31.2 Å². The number of hydrogen-bond acceptors (Lipinski definition) is 6. The molecule has 3 aromatic rings. The van der Waals surface area contributed by atoms with Crippen molar-refractivity contribution >= 4 is 35.0 Å². The number of nitrogens with one attached hydrogen (secondary N) is 3. The molecule has 30 heavy (non-hydrogen) atoms. The van der Waals surface area contributed by atoms with Gasteiger partial charge in [0.05, 0.1) is 11.4 Å². The third-order valence-electron chi connectivity index (χ3n) is 4.13. The maximum atomic E-state index is 12.5. The first-order chi connectivity index (χ1) is 14.5. The molecule has 0 radical (unpaired) electrons. The van der Waals surface area contributed by atoms with Gasteiger partial charge in [-0.05, 0) is 25.1 Å². The number of rotatable bonds is 7. The molecule has 1 aromatic heterocycles. The maximum Gasteiger partial charge on any atom is 0.278 e. The average Bonchev–Trinajstić information content (AvgIpc) is 2.74. The zero-order valence-corrected chi connectivity index (χ0v) is 17.4. The van der Waals surface area contributed by atoms with Crippen LogP contribution in [0.3, 0.4) is 0 Å². The second-order valence-corrected chi connectivity index (χ2v) is 7.42. The topological polar surface area (TPSA) is 117 Å². The number of hydrogen-bond donors (Lipinski definition) is 3. The molecule has 2 aromatic carbocycles. The van der Waals surface area contributed by atoms with Crippen LogP contribution in [0.4, 0.5) is 11.4 Å². The van der Waals surface area contributed by atoms with E-state index in [2.05, 4.69) is 25.8 Å². The molecule has 3 rings (SSSR count). The van der Waals surface area contributed by atoms with Gasteiger partial charge in [0.1, 0.15) is 0 Å². The fourth-order valence-electron chi connectivity index (χ4n) is 2.57. The van der Waals surface area contributed by atoms with Crippen LogP contribution in [0.2, 0.25) is 0 Å². The Balaban J connectivity index is 1.69. The lowest BCUT2D eigenvalue weighted by atomic mass is 10.1. The molecule has 2 amide bonds. The molecule has 0 saturated heterocycles. The lowest BCUT2D eigenvalue weighted by Gasteiger charge is -2.09. The zero-order valence-electron chi connectivity index (χ0n) is 16.6. The van der Waals surface area contributed by atoms with Crippen molar-refractivity contribution in [2.45, 2.75) is 25.4 Å². The summed E-state index contributed by atoms with van der Waals surface area (Å²) in [5, 5.41) is 13.8. The van der Waals surface area contributed by atoms with Crippen molar-refractivity contribution in [1.82, 2.24) is 15.2 Å². The highest BCUT2D eigenvalue weighted by atomic mass is 32.2. The van der Waals surface area contributed by atoms with Crippen molar-refractivity contribution in [2.24, 2.45) is 0 Å². The first kappa shape index (κ1) is 21.3. The normalized spacial score (nSPS) is 10.5. The standard InChI is InChI=1S/C21H21N5O3S/c1-3-17(27)23-16-7-5-4-6-15(16)19-20(29)24-21(26-25-19)30-12-18(28)22-14-10-8-13(2)9-11-14/h4-11H,3,12H2,1-2H3,(H,22,28)(H,23,27)(H,24,26,29). The molecule has 3 N–H and O–H groups in total. The SMILES string of the molecule is CCC(=O)Nc1ccccc1-c1nnc(SCC(=O)Nc2ccc(C)cc2)[nH]c1=O. The van der Waals surface area contributed by atoms with Crippen LogP contribution in [0.5, 0.6) is 0 Å². The van der Waals surface area contributed by atoms with Crippen LogP contribution in [0.1, 0.15) is 18.9 Å². The Hall–Kier alpha value is -3.46. The van der Waals surface area contributed by atoms with E-state index in [4.69, 9.17) is 0 Å². The lowest BCUT2D eigenvalue weighted by Crippen LogP contribution is -2.18. The van der Waals surface area contributed by atoms with E-state index in [1.54, 1.807) is 31.2 Å². The van der Waals surface area contributed by atoms with Gasteiger partial charge in [-0.15, -0.1) is 10.2 Å². The van der Waals surface area contributed by atoms with E-state index in [0.29, 0.717) is 23.4 Å². The van der Waals surface area contributed by atoms with E-state index in [0.717, 1.165) is 17.3 Å². The molecule has 0 fully saturated rings. The smallest absolute Gasteiger partial charge is 0.278 e. The van der Waals surface area contributed by atoms with Gasteiger partial charge in [0.25, 0.3) is 5.56 Å². The van der Waals surface area contributed by atoms with Crippen LogP contribution in [-0.4, -0.2) is 32.7 Å². The number of amides is 2. The van der Waals surface area contributed by atoms with Crippen molar-refractivity contribution in [3.05, 3.63) is 64.4 Å². The summed E-state index contributed by atoms with van der Waals surface area (Å²) in [5.41, 5.74) is 2.40. The fraction of sp³-hybridized carbons (Fsp3) is 0.190. The third kappa shape index (κ3) is 5.54. The monoisotopic (exact) mass is 423 g/mol. The number of anilines is 2. The van der Waals surface area contributed by atoms with Gasteiger partial charge in [0.15, 0.2) is 10.9 Å². The number of aromatic amines is 1. The number of carbonyl (C=O) groups excluding carboxylic acids is 2. The lowest BCUT2D eigenvalue weighted by molar-refractivity contribution is -0.116. The highest BCUT2D eigenvalue weighted by molar-refractivity contribution is 7.99. The van der Waals surface area contributed by atoms with E-state index < -0.39 is 5.56 Å². The van der Waals surface area contributed by atoms with Gasteiger partial charge in [-0.2, -0.15) is 0 Å². The molecule has 154 valence electrons. The Labute approximate surface area is 177 Å². The highest BCUT2D eigenvalue weighted by Crippen LogP contribution is 2.24. The van der Waals surface area contributed by atoms with Crippen LogP contribution in [0.15, 0.2) is 58.5 Å². The second kappa shape index (κ2) is 9.84. The summed E-state index contributed by atoms with van der Waals surface area (Å²) in [6, 6.07) is 14.3. The summed E-state index contributed by atoms with van der Waals surface area (Å²) in [6.45, 7) is 3.71. The predicted molar refractivity (Wildman–Crippen MR) is 118 cm³/mol. The van der Waals surface area contributed by atoms with E-state index >= 15 is 0 Å². The summed E-state index contributed by atoms with van der Waals surface area (Å²) < 4.78 is 0. The quantitative estimate of drug-likeness (QED) is 0.503. The minimum Gasteiger partial charge on any atom is -0.325 e. The van der Waals surface area contributed by atoms with Gasteiger partial charge in [-0.1, -0.05) is 54.6 Å². The van der Waals surface area contributed by atoms with Crippen LogP contribution in [0, 0.1) is 6.92 Å². The van der Waals surface area contributed by atoms with Gasteiger partial charge in [-0.3, -0.25) is 19.4 Å². The molecular weight excluding hydrogens is 402 g/mol. The zero-order chi connectivity index (χ0) is 21.5. The number of aryl methyl sites for hydroxylation is 1. The highest BCUT2D eigenvalue weighted by Gasteiger charge is 2.14. The second-order valence-electron chi connectivity index (χ2n) is 6.46. The Morgan fingerprint density at radius 2 is 1.73 bits per heavy atom. The molecule has 0 spiro atoms. The Morgan fingerprint density at radius 3 is 2.43 bits per heavy atom. The average molecular weight is 423 g/mol. The van der Waals surface area contributed by atoms with E-state index in [1.165, 1.54) is 0 Å². The van der Waals surface area contributed by atoms with Crippen LogP contribution in [-0.2, 0) is 9.59 Å². The maximum absolute atomic E-state index is 12.5. The number of thioether (sulfide) groups is 1. The van der Waals surface area contributed by atoms with Crippen molar-refractivity contribution in [3.63, 3.8) is 0 Å². The molecule has 0 aliphatic heterocycles. The summed E-state index contributed by atoms with van der Waals surface area (Å²) in [4.78, 5) is 39.0. The Bertz CT molecular complexity index is 1110. The third-order valence-corrected chi connectivity index (χ3v) is 4.99. The molecule has 0 bridgehead atoms. The molecule has 0 saturated carbocycles. The van der Waals surface area contributed by atoms with Crippen molar-refractivity contribution in [1.29, 1.82) is 0 Å². The first-order valence-corrected chi connectivity index (χ1v) is 10.3. The number of aromatic nitrogens is 3. The van der Waals surface area contributed by atoms with Gasteiger partial charge in [0.2, 0.25) is 11.8 Å². The fourth-order valence-corrected chi connectivity index (χ4v) is 3.17. The summed E-state index contributed by atoms with van der Waals surface area (Å²) in [7, 11) is 0. The largest absolute Gasteiger partial charge is 0.325 e. The van der Waals surface area contributed by atoms with Gasteiger partial charge in [0, 0.05) is 17.7 Å². The van der Waals surface area contributed by atoms with Gasteiger partial charge < -0.3 is 10.6 Å². The number of carbonyl (C=O) groups is 2. The van der Waals surface area contributed by atoms with E-state index in [-0.39, 0.29) is 28.4 Å². The summed E-state index contributed by atoms with van der Waals surface area (Å²) in [6.07, 6.45) is 0.316. The van der Waals surface area contributed by atoms with Gasteiger partial charge in [-0.25, -0.2) is 0 Å². The Morgan fingerprint density at radius 1 is 1.00 bits per heavy atom. The first-order valence-electron chi connectivity index (χ1n) is 9.32. The molecule has 8 nitrogen and oxygen atoms in total. The molecule has 1 heterocycles. The van der Waals surface area contributed by atoms with Crippen LogP contribution in [0.25, 0.3) is 11.3 Å². The molecule has 9 heteroatoms. The van der Waals surface area contributed by atoms with Crippen molar-refractivity contribution in [2.75, 3.05) is 16.4 Å². The van der Waals surface area contributed by atoms with Crippen molar-refractivity contribution in [3.8, 4) is 11.3 Å². The number of nitrogens with zero attached hydrogens (tertiary/aromatic N) is 2. The van der Waals surface area contributed by atoms with E-state index in [9.17, 15) is 14.4 Å². The molecule has 0 unspecified atom stereocenters. The number of benzene rings is 2. The molecular formula is C21H21N5O3S. The number of H-pyrrole nitrogens is 1.